The van der Waals surface area contributed by atoms with Crippen LogP contribution in [0.2, 0.25) is 25.7 Å². The normalized spacial score (nSPS) is 12.0. The summed E-state index contributed by atoms with van der Waals surface area (Å²) in [4.78, 5) is 9.38. The van der Waals surface area contributed by atoms with Crippen LogP contribution in [-0.2, 0) is 11.5 Å². The average molecular weight is 370 g/mol. The van der Waals surface area contributed by atoms with Gasteiger partial charge < -0.3 is 9.30 Å². The minimum atomic E-state index is -1.05. The Morgan fingerprint density at radius 2 is 2.20 bits per heavy atom. The molecular formula is C12H17BBrN3OSSi. The molecular weight excluding hydrogens is 353 g/mol. The van der Waals surface area contributed by atoms with Gasteiger partial charge in [-0.3, -0.25) is 0 Å². The van der Waals surface area contributed by atoms with Crippen LogP contribution in [0.4, 0.5) is 0 Å². The Morgan fingerprint density at radius 3 is 2.80 bits per heavy atom. The fraction of sp³-hybridized carbons (Fsp3) is 0.500. The Balaban J connectivity index is 2.01. The number of halogens is 1. The molecule has 2 heterocycles. The van der Waals surface area contributed by atoms with E-state index in [1.54, 1.807) is 6.20 Å². The van der Waals surface area contributed by atoms with Crippen LogP contribution in [0.3, 0.4) is 0 Å². The molecule has 0 aromatic carbocycles. The molecule has 0 saturated carbocycles. The number of nitrogens with zero attached hydrogens (tertiary/aromatic N) is 3. The maximum atomic E-state index is 5.89. The van der Waals surface area contributed by atoms with Gasteiger partial charge in [-0.2, -0.15) is 0 Å². The molecule has 8 heteroatoms. The highest BCUT2D eigenvalue weighted by Gasteiger charge is 2.14. The van der Waals surface area contributed by atoms with Crippen molar-refractivity contribution in [3.05, 3.63) is 16.3 Å². The lowest BCUT2D eigenvalue weighted by Crippen LogP contribution is -2.22. The van der Waals surface area contributed by atoms with Crippen molar-refractivity contribution in [2.75, 3.05) is 6.61 Å². The number of hydrogen-bond donors (Lipinski definition) is 0. The van der Waals surface area contributed by atoms with Gasteiger partial charge in [0.2, 0.25) is 0 Å². The molecule has 0 fully saturated rings. The maximum absolute atomic E-state index is 5.89. The summed E-state index contributed by atoms with van der Waals surface area (Å²) in [6.07, 6.45) is 3.65. The quantitative estimate of drug-likeness (QED) is 0.580. The van der Waals surface area contributed by atoms with E-state index in [2.05, 4.69) is 45.5 Å². The van der Waals surface area contributed by atoms with Gasteiger partial charge in [-0.25, -0.2) is 9.97 Å². The lowest BCUT2D eigenvalue weighted by molar-refractivity contribution is 0.0883. The topological polar surface area (TPSA) is 39.9 Å². The van der Waals surface area contributed by atoms with Gasteiger partial charge in [0.05, 0.1) is 4.88 Å². The fourth-order valence-corrected chi connectivity index (χ4v) is 3.79. The highest BCUT2D eigenvalue weighted by Crippen LogP contribution is 2.25. The third kappa shape index (κ3) is 4.28. The SMILES string of the molecule is [B]c1nc(Br)sc1-c1nccn1COCC[Si](C)(C)C. The monoisotopic (exact) mass is 369 g/mol. The van der Waals surface area contributed by atoms with Crippen molar-refractivity contribution < 1.29 is 4.74 Å². The van der Waals surface area contributed by atoms with Crippen molar-refractivity contribution in [2.45, 2.75) is 32.4 Å². The molecule has 2 aromatic heterocycles. The number of rotatable bonds is 6. The van der Waals surface area contributed by atoms with Gasteiger partial charge in [0, 0.05) is 32.7 Å². The van der Waals surface area contributed by atoms with E-state index in [1.807, 2.05) is 10.8 Å². The Kier molecular flexibility index (Phi) is 5.22. The van der Waals surface area contributed by atoms with Crippen molar-refractivity contribution in [1.82, 2.24) is 14.5 Å². The molecule has 106 valence electrons. The van der Waals surface area contributed by atoms with Crippen LogP contribution < -0.4 is 5.59 Å². The minimum absolute atomic E-state index is 0.495. The molecule has 0 amide bonds. The van der Waals surface area contributed by atoms with Gasteiger partial charge in [0.25, 0.3) is 0 Å². The van der Waals surface area contributed by atoms with Gasteiger partial charge in [-0.1, -0.05) is 19.6 Å². The van der Waals surface area contributed by atoms with Gasteiger partial charge in [-0.05, 0) is 22.0 Å². The lowest BCUT2D eigenvalue weighted by atomic mass is 10.0. The molecule has 0 N–H and O–H groups in total. The van der Waals surface area contributed by atoms with Crippen molar-refractivity contribution in [3.8, 4) is 10.7 Å². The largest absolute Gasteiger partial charge is 0.361 e. The van der Waals surface area contributed by atoms with E-state index < -0.39 is 8.07 Å². The first-order chi connectivity index (χ1) is 9.37. The van der Waals surface area contributed by atoms with Crippen LogP contribution in [0.1, 0.15) is 0 Å². The molecule has 0 atom stereocenters. The third-order valence-electron chi connectivity index (χ3n) is 2.77. The number of thiazole rings is 1. The van der Waals surface area contributed by atoms with Crippen LogP contribution in [-0.4, -0.2) is 37.1 Å². The van der Waals surface area contributed by atoms with Crippen LogP contribution in [0, 0.1) is 0 Å². The molecule has 2 aromatic rings. The van der Waals surface area contributed by atoms with Crippen LogP contribution >= 0.6 is 27.3 Å². The summed E-state index contributed by atoms with van der Waals surface area (Å²) in [5.41, 5.74) is 0.497. The number of aromatic nitrogens is 3. The summed E-state index contributed by atoms with van der Waals surface area (Å²) >= 11 is 4.82. The predicted molar refractivity (Wildman–Crippen MR) is 90.5 cm³/mol. The Labute approximate surface area is 134 Å². The van der Waals surface area contributed by atoms with E-state index in [4.69, 9.17) is 12.6 Å². The standard InChI is InChI=1S/C12H17BBrN3OSSi/c1-20(2,3)7-6-18-8-17-5-4-15-11(17)9-10(13)16-12(14)19-9/h4-5H,6-8H2,1-3H3. The van der Waals surface area contributed by atoms with Crippen molar-refractivity contribution in [2.24, 2.45) is 0 Å². The third-order valence-corrected chi connectivity index (χ3v) is 6.00. The van der Waals surface area contributed by atoms with Gasteiger partial charge >= 0.3 is 0 Å². The van der Waals surface area contributed by atoms with Crippen LogP contribution in [0.5, 0.6) is 0 Å². The van der Waals surface area contributed by atoms with Gasteiger partial charge in [-0.15, -0.1) is 11.3 Å². The fourth-order valence-electron chi connectivity index (χ4n) is 1.63. The zero-order valence-electron chi connectivity index (χ0n) is 11.9. The molecule has 0 aliphatic rings. The van der Waals surface area contributed by atoms with E-state index >= 15 is 0 Å². The second-order valence-electron chi connectivity index (χ2n) is 5.75. The van der Waals surface area contributed by atoms with Crippen LogP contribution in [0.25, 0.3) is 10.7 Å². The van der Waals surface area contributed by atoms with E-state index in [-0.39, 0.29) is 0 Å². The molecule has 0 saturated heterocycles. The molecule has 0 aliphatic heterocycles. The van der Waals surface area contributed by atoms with Gasteiger partial charge in [0.15, 0.2) is 9.74 Å². The van der Waals surface area contributed by atoms with Crippen molar-refractivity contribution >= 4 is 48.8 Å². The van der Waals surface area contributed by atoms with E-state index in [1.165, 1.54) is 11.3 Å². The Morgan fingerprint density at radius 1 is 1.45 bits per heavy atom. The second-order valence-corrected chi connectivity index (χ2v) is 13.6. The maximum Gasteiger partial charge on any atom is 0.159 e. The minimum Gasteiger partial charge on any atom is -0.361 e. The summed E-state index contributed by atoms with van der Waals surface area (Å²) in [5.74, 6) is 0.804. The first-order valence-electron chi connectivity index (χ1n) is 6.38. The summed E-state index contributed by atoms with van der Waals surface area (Å²) in [7, 11) is 4.85. The summed E-state index contributed by atoms with van der Waals surface area (Å²) in [6.45, 7) is 8.31. The lowest BCUT2D eigenvalue weighted by Gasteiger charge is -2.16. The first kappa shape index (κ1) is 15.9. The van der Waals surface area contributed by atoms with Crippen molar-refractivity contribution in [1.29, 1.82) is 0 Å². The number of imidazole rings is 1. The molecule has 0 bridgehead atoms. The zero-order chi connectivity index (χ0) is 14.8. The van der Waals surface area contributed by atoms with E-state index in [0.717, 1.165) is 27.3 Å². The average Bonchev–Trinajstić information content (AvgIpc) is 2.89. The van der Waals surface area contributed by atoms with Crippen molar-refractivity contribution in [3.63, 3.8) is 0 Å². The Bertz CT molecular complexity index is 582. The predicted octanol–water partition coefficient (Wildman–Crippen LogP) is 2.88. The Hall–Kier alpha value is -0.438. The summed E-state index contributed by atoms with van der Waals surface area (Å²) < 4.78 is 8.47. The van der Waals surface area contributed by atoms with Crippen LogP contribution in [0.15, 0.2) is 16.3 Å². The molecule has 20 heavy (non-hydrogen) atoms. The summed E-state index contributed by atoms with van der Waals surface area (Å²) in [5, 5.41) is 0. The highest BCUT2D eigenvalue weighted by molar-refractivity contribution is 9.11. The molecule has 0 spiro atoms. The van der Waals surface area contributed by atoms with E-state index in [9.17, 15) is 0 Å². The molecule has 2 radical (unpaired) electrons. The van der Waals surface area contributed by atoms with E-state index in [0.29, 0.717) is 12.3 Å². The molecule has 4 nitrogen and oxygen atoms in total. The van der Waals surface area contributed by atoms with Gasteiger partial charge in [0.1, 0.15) is 14.6 Å². The number of hydrogen-bond acceptors (Lipinski definition) is 4. The molecule has 0 aliphatic carbocycles. The summed E-state index contributed by atoms with van der Waals surface area (Å²) in [6, 6.07) is 1.16. The highest BCUT2D eigenvalue weighted by atomic mass is 79.9. The number of ether oxygens (including phenoxy) is 1. The smallest absolute Gasteiger partial charge is 0.159 e. The molecule has 2 rings (SSSR count). The second kappa shape index (κ2) is 6.55. The first-order valence-corrected chi connectivity index (χ1v) is 11.7. The molecule has 0 unspecified atom stereocenters. The zero-order valence-corrected chi connectivity index (χ0v) is 15.3.